The van der Waals surface area contributed by atoms with Gasteiger partial charge in [-0.3, -0.25) is 4.98 Å². The number of hydrogen-bond acceptors (Lipinski definition) is 4. The zero-order valence-corrected chi connectivity index (χ0v) is 13.0. The molecular weight excluding hydrogens is 300 g/mol. The van der Waals surface area contributed by atoms with Crippen LogP contribution in [0.3, 0.4) is 0 Å². The molecule has 0 unspecified atom stereocenters. The van der Waals surface area contributed by atoms with Gasteiger partial charge in [0.2, 0.25) is 0 Å². The van der Waals surface area contributed by atoms with E-state index in [1.54, 1.807) is 20.4 Å². The van der Waals surface area contributed by atoms with Gasteiger partial charge in [-0.15, -0.1) is 0 Å². The summed E-state index contributed by atoms with van der Waals surface area (Å²) in [6, 6.07) is 13.2. The molecule has 0 fully saturated rings. The highest BCUT2D eigenvalue weighted by molar-refractivity contribution is 6.31. The Morgan fingerprint density at radius 2 is 1.82 bits per heavy atom. The second kappa shape index (κ2) is 6.12. The first kappa shape index (κ1) is 14.5. The first-order valence-electron chi connectivity index (χ1n) is 6.74. The van der Waals surface area contributed by atoms with Crippen LogP contribution in [0, 0.1) is 0 Å². The zero-order valence-electron chi connectivity index (χ0n) is 12.3. The number of ether oxygens (including phenoxy) is 2. The van der Waals surface area contributed by atoms with E-state index >= 15 is 0 Å². The van der Waals surface area contributed by atoms with E-state index in [2.05, 4.69) is 10.3 Å². The van der Waals surface area contributed by atoms with E-state index in [-0.39, 0.29) is 0 Å². The molecule has 1 N–H and O–H groups in total. The maximum atomic E-state index is 6.02. The third-order valence-corrected chi connectivity index (χ3v) is 3.62. The molecule has 1 heterocycles. The zero-order chi connectivity index (χ0) is 15.5. The fourth-order valence-corrected chi connectivity index (χ4v) is 2.44. The molecule has 0 saturated heterocycles. The van der Waals surface area contributed by atoms with Crippen molar-refractivity contribution in [2.24, 2.45) is 0 Å². The Balaban J connectivity index is 2.03. The SMILES string of the molecule is COc1ccc(Nc2ccnc3cc(Cl)ccc23)c(OC)c1. The van der Waals surface area contributed by atoms with Gasteiger partial charge in [0.15, 0.2) is 0 Å². The Bertz CT molecular complexity index is 821. The van der Waals surface area contributed by atoms with E-state index in [0.717, 1.165) is 28.0 Å². The highest BCUT2D eigenvalue weighted by Gasteiger charge is 2.08. The van der Waals surface area contributed by atoms with E-state index in [9.17, 15) is 0 Å². The molecule has 5 heteroatoms. The molecule has 0 aliphatic rings. The molecule has 4 nitrogen and oxygen atoms in total. The second-order valence-electron chi connectivity index (χ2n) is 4.71. The standard InChI is InChI=1S/C17H15ClN2O2/c1-21-12-4-6-15(17(10-12)22-2)20-14-7-8-19-16-9-11(18)3-5-13(14)16/h3-10H,1-2H3,(H,19,20). The molecule has 0 aliphatic heterocycles. The van der Waals surface area contributed by atoms with Gasteiger partial charge in [-0.1, -0.05) is 11.6 Å². The van der Waals surface area contributed by atoms with Crippen LogP contribution in [0.5, 0.6) is 11.5 Å². The third-order valence-electron chi connectivity index (χ3n) is 3.38. The van der Waals surface area contributed by atoms with Crippen LogP contribution in [0.25, 0.3) is 10.9 Å². The Labute approximate surface area is 133 Å². The average molecular weight is 315 g/mol. The Kier molecular flexibility index (Phi) is 4.02. The fourth-order valence-electron chi connectivity index (χ4n) is 2.28. The number of anilines is 2. The van der Waals surface area contributed by atoms with Crippen LogP contribution < -0.4 is 14.8 Å². The minimum Gasteiger partial charge on any atom is -0.497 e. The molecule has 0 saturated carbocycles. The van der Waals surface area contributed by atoms with Crippen LogP contribution in [0.4, 0.5) is 11.4 Å². The lowest BCUT2D eigenvalue weighted by molar-refractivity contribution is 0.395. The number of fused-ring (bicyclic) bond motifs is 1. The van der Waals surface area contributed by atoms with E-state index in [0.29, 0.717) is 10.8 Å². The first-order valence-corrected chi connectivity index (χ1v) is 7.12. The van der Waals surface area contributed by atoms with Gasteiger partial charge in [0.25, 0.3) is 0 Å². The minimum atomic E-state index is 0.666. The smallest absolute Gasteiger partial charge is 0.145 e. The van der Waals surface area contributed by atoms with Crippen LogP contribution in [0.1, 0.15) is 0 Å². The molecule has 3 aromatic rings. The molecule has 112 valence electrons. The van der Waals surface area contributed by atoms with Crippen molar-refractivity contribution in [3.05, 3.63) is 53.7 Å². The Morgan fingerprint density at radius 1 is 0.955 bits per heavy atom. The molecule has 1 aromatic heterocycles. The van der Waals surface area contributed by atoms with Crippen LogP contribution in [-0.2, 0) is 0 Å². The molecular formula is C17H15ClN2O2. The number of benzene rings is 2. The fraction of sp³-hybridized carbons (Fsp3) is 0.118. The van der Waals surface area contributed by atoms with Gasteiger partial charge in [0, 0.05) is 28.4 Å². The molecule has 2 aromatic carbocycles. The number of aromatic nitrogens is 1. The lowest BCUT2D eigenvalue weighted by Crippen LogP contribution is -1.96. The van der Waals surface area contributed by atoms with Crippen molar-refractivity contribution in [1.29, 1.82) is 0 Å². The molecule has 0 spiro atoms. The lowest BCUT2D eigenvalue weighted by Gasteiger charge is -2.14. The summed E-state index contributed by atoms with van der Waals surface area (Å²) in [6.45, 7) is 0. The summed E-state index contributed by atoms with van der Waals surface area (Å²) in [5.74, 6) is 1.45. The summed E-state index contributed by atoms with van der Waals surface area (Å²) >= 11 is 6.02. The second-order valence-corrected chi connectivity index (χ2v) is 5.15. The number of rotatable bonds is 4. The summed E-state index contributed by atoms with van der Waals surface area (Å²) < 4.78 is 10.6. The number of hydrogen-bond donors (Lipinski definition) is 1. The molecule has 0 amide bonds. The molecule has 0 radical (unpaired) electrons. The highest BCUT2D eigenvalue weighted by Crippen LogP contribution is 2.33. The van der Waals surface area contributed by atoms with Gasteiger partial charge in [-0.25, -0.2) is 0 Å². The number of nitrogens with one attached hydrogen (secondary N) is 1. The van der Waals surface area contributed by atoms with Crippen molar-refractivity contribution in [3.8, 4) is 11.5 Å². The van der Waals surface area contributed by atoms with Crippen molar-refractivity contribution < 1.29 is 9.47 Å². The maximum absolute atomic E-state index is 6.02. The number of nitrogens with zero attached hydrogens (tertiary/aromatic N) is 1. The first-order chi connectivity index (χ1) is 10.7. The van der Waals surface area contributed by atoms with Gasteiger partial charge >= 0.3 is 0 Å². The highest BCUT2D eigenvalue weighted by atomic mass is 35.5. The van der Waals surface area contributed by atoms with Crippen LogP contribution in [0.15, 0.2) is 48.7 Å². The summed E-state index contributed by atoms with van der Waals surface area (Å²) in [5.41, 5.74) is 2.63. The Morgan fingerprint density at radius 3 is 2.59 bits per heavy atom. The van der Waals surface area contributed by atoms with Gasteiger partial charge in [-0.2, -0.15) is 0 Å². The largest absolute Gasteiger partial charge is 0.497 e. The lowest BCUT2D eigenvalue weighted by atomic mass is 10.1. The van der Waals surface area contributed by atoms with Crippen molar-refractivity contribution in [1.82, 2.24) is 4.98 Å². The molecule has 0 bridgehead atoms. The normalized spacial score (nSPS) is 10.5. The van der Waals surface area contributed by atoms with Crippen LogP contribution >= 0.6 is 11.6 Å². The number of methoxy groups -OCH3 is 2. The van der Waals surface area contributed by atoms with E-state index in [1.165, 1.54) is 0 Å². The third kappa shape index (κ3) is 2.78. The summed E-state index contributed by atoms with van der Waals surface area (Å²) in [7, 11) is 3.26. The van der Waals surface area contributed by atoms with Gasteiger partial charge in [-0.05, 0) is 36.4 Å². The van der Waals surface area contributed by atoms with Gasteiger partial charge in [0.05, 0.1) is 25.4 Å². The predicted octanol–water partition coefficient (Wildman–Crippen LogP) is 4.65. The molecule has 3 rings (SSSR count). The molecule has 0 aliphatic carbocycles. The average Bonchev–Trinajstić information content (AvgIpc) is 2.55. The van der Waals surface area contributed by atoms with Crippen molar-refractivity contribution in [2.75, 3.05) is 19.5 Å². The van der Waals surface area contributed by atoms with Crippen molar-refractivity contribution in [3.63, 3.8) is 0 Å². The van der Waals surface area contributed by atoms with Crippen molar-refractivity contribution in [2.45, 2.75) is 0 Å². The number of pyridine rings is 1. The van der Waals surface area contributed by atoms with Gasteiger partial charge in [0.1, 0.15) is 11.5 Å². The molecule has 22 heavy (non-hydrogen) atoms. The van der Waals surface area contributed by atoms with Crippen LogP contribution in [0.2, 0.25) is 5.02 Å². The minimum absolute atomic E-state index is 0.666. The Hall–Kier alpha value is -2.46. The van der Waals surface area contributed by atoms with Gasteiger partial charge < -0.3 is 14.8 Å². The number of halogens is 1. The van der Waals surface area contributed by atoms with E-state index in [4.69, 9.17) is 21.1 Å². The summed E-state index contributed by atoms with van der Waals surface area (Å²) in [6.07, 6.45) is 1.75. The predicted molar refractivity (Wildman–Crippen MR) is 89.6 cm³/mol. The molecule has 0 atom stereocenters. The van der Waals surface area contributed by atoms with Crippen molar-refractivity contribution >= 4 is 33.9 Å². The maximum Gasteiger partial charge on any atom is 0.145 e. The van der Waals surface area contributed by atoms with Crippen LogP contribution in [-0.4, -0.2) is 19.2 Å². The quantitative estimate of drug-likeness (QED) is 0.761. The van der Waals surface area contributed by atoms with E-state index in [1.807, 2.05) is 42.5 Å². The topological polar surface area (TPSA) is 43.4 Å². The monoisotopic (exact) mass is 314 g/mol. The summed E-state index contributed by atoms with van der Waals surface area (Å²) in [5, 5.41) is 5.03. The van der Waals surface area contributed by atoms with E-state index < -0.39 is 0 Å². The summed E-state index contributed by atoms with van der Waals surface area (Å²) in [4.78, 5) is 4.34.